The molecule has 27 heavy (non-hydrogen) atoms. The number of carbonyl (C=O) groups is 2. The fourth-order valence-electron chi connectivity index (χ4n) is 5.15. The average Bonchev–Trinajstić information content (AvgIpc) is 3.37. The number of aromatic nitrogens is 2. The van der Waals surface area contributed by atoms with Gasteiger partial charge in [0.05, 0.1) is 35.5 Å². The molecule has 5 rings (SSSR count). The predicted octanol–water partition coefficient (Wildman–Crippen LogP) is 3.17. The third-order valence-corrected chi connectivity index (χ3v) is 6.49. The summed E-state index contributed by atoms with van der Waals surface area (Å²) in [6.07, 6.45) is 5.20. The smallest absolute Gasteiger partial charge is 0.238 e. The molecule has 2 heterocycles. The van der Waals surface area contributed by atoms with Gasteiger partial charge < -0.3 is 0 Å². The van der Waals surface area contributed by atoms with E-state index in [2.05, 4.69) is 48.4 Å². The lowest BCUT2D eigenvalue weighted by atomic mass is 9.85. The van der Waals surface area contributed by atoms with Crippen molar-refractivity contribution < 1.29 is 9.59 Å². The summed E-state index contributed by atoms with van der Waals surface area (Å²) in [4.78, 5) is 27.7. The van der Waals surface area contributed by atoms with Crippen LogP contribution in [0.25, 0.3) is 0 Å². The molecule has 1 saturated heterocycles. The van der Waals surface area contributed by atoms with E-state index >= 15 is 0 Å². The second-order valence-electron chi connectivity index (χ2n) is 8.17. The molecule has 2 aromatic rings. The van der Waals surface area contributed by atoms with E-state index in [-0.39, 0.29) is 35.5 Å². The largest absolute Gasteiger partial charge is 0.274 e. The highest BCUT2D eigenvalue weighted by atomic mass is 16.2. The Morgan fingerprint density at radius 1 is 0.963 bits per heavy atom. The number of aryl methyl sites for hydroxylation is 2. The summed E-state index contributed by atoms with van der Waals surface area (Å²) in [6, 6.07) is 8.34. The Kier molecular flexibility index (Phi) is 3.45. The Labute approximate surface area is 158 Å². The van der Waals surface area contributed by atoms with Crippen LogP contribution in [0.4, 0.5) is 5.69 Å². The first-order valence-corrected chi connectivity index (χ1v) is 9.61. The van der Waals surface area contributed by atoms with E-state index in [1.165, 1.54) is 10.5 Å². The van der Waals surface area contributed by atoms with Crippen LogP contribution in [0.5, 0.6) is 0 Å². The fraction of sp³-hybridized carbons (Fsp3) is 0.409. The molecule has 2 bridgehead atoms. The van der Waals surface area contributed by atoms with Crippen molar-refractivity contribution in [1.29, 1.82) is 0 Å². The molecule has 1 saturated carbocycles. The van der Waals surface area contributed by atoms with Gasteiger partial charge in [-0.2, -0.15) is 5.10 Å². The molecule has 1 aromatic carbocycles. The highest BCUT2D eigenvalue weighted by Gasteiger charge is 2.60. The molecule has 2 fully saturated rings. The number of rotatable bonds is 3. The monoisotopic (exact) mass is 361 g/mol. The van der Waals surface area contributed by atoms with Gasteiger partial charge in [0.1, 0.15) is 0 Å². The Balaban J connectivity index is 1.49. The number of hydrogen-bond acceptors (Lipinski definition) is 3. The number of hydrogen-bond donors (Lipinski definition) is 0. The zero-order chi connectivity index (χ0) is 18.9. The van der Waals surface area contributed by atoms with Crippen LogP contribution in [-0.4, -0.2) is 21.6 Å². The maximum absolute atomic E-state index is 13.1. The van der Waals surface area contributed by atoms with Crippen LogP contribution >= 0.6 is 0 Å². The van der Waals surface area contributed by atoms with Gasteiger partial charge in [0.15, 0.2) is 0 Å². The van der Waals surface area contributed by atoms with Crippen LogP contribution in [0.2, 0.25) is 0 Å². The first-order valence-electron chi connectivity index (χ1n) is 9.61. The number of amides is 2. The maximum Gasteiger partial charge on any atom is 0.238 e. The summed E-state index contributed by atoms with van der Waals surface area (Å²) in [6.45, 7) is 6.53. The summed E-state index contributed by atoms with van der Waals surface area (Å²) in [7, 11) is 0. The van der Waals surface area contributed by atoms with Crippen molar-refractivity contribution in [3.05, 3.63) is 58.9 Å². The SMILES string of the molecule is Cc1ccc(Cn2nc(C)c(N3C(=O)[C@@H]4[C@@H](C3=O)[C@H]3C=C[C@@H]4C3)c2C)cc1. The van der Waals surface area contributed by atoms with E-state index in [4.69, 9.17) is 0 Å². The summed E-state index contributed by atoms with van der Waals surface area (Å²) >= 11 is 0. The Bertz CT molecular complexity index is 956. The van der Waals surface area contributed by atoms with Gasteiger partial charge in [-0.25, -0.2) is 4.90 Å². The minimum absolute atomic E-state index is 0.0389. The molecule has 0 spiro atoms. The molecule has 5 heteroatoms. The number of benzene rings is 1. The van der Waals surface area contributed by atoms with Crippen molar-refractivity contribution in [3.8, 4) is 0 Å². The van der Waals surface area contributed by atoms with Gasteiger partial charge in [0.2, 0.25) is 11.8 Å². The molecule has 3 aliphatic rings. The van der Waals surface area contributed by atoms with Crippen molar-refractivity contribution in [1.82, 2.24) is 9.78 Å². The molecule has 0 unspecified atom stereocenters. The predicted molar refractivity (Wildman–Crippen MR) is 102 cm³/mol. The fourth-order valence-corrected chi connectivity index (χ4v) is 5.15. The van der Waals surface area contributed by atoms with E-state index in [0.29, 0.717) is 12.2 Å². The second-order valence-corrected chi connectivity index (χ2v) is 8.17. The zero-order valence-electron chi connectivity index (χ0n) is 15.8. The minimum Gasteiger partial charge on any atom is -0.274 e. The standard InChI is InChI=1S/C22H23N3O2/c1-12-4-6-15(7-5-12)11-24-14(3)20(13(2)23-24)25-21(26)18-16-8-9-17(10-16)19(18)22(25)27/h4-9,16-19H,10-11H2,1-3H3/t16-,17+,18-,19-/m0/s1. The Morgan fingerprint density at radius 2 is 1.56 bits per heavy atom. The average molecular weight is 361 g/mol. The van der Waals surface area contributed by atoms with Gasteiger partial charge in [-0.15, -0.1) is 0 Å². The van der Waals surface area contributed by atoms with Crippen molar-refractivity contribution in [2.24, 2.45) is 23.7 Å². The summed E-state index contributed by atoms with van der Waals surface area (Å²) in [5.74, 6) is 0.0266. The molecule has 0 radical (unpaired) electrons. The quantitative estimate of drug-likeness (QED) is 0.623. The zero-order valence-corrected chi connectivity index (χ0v) is 15.8. The minimum atomic E-state index is -0.174. The lowest BCUT2D eigenvalue weighted by Crippen LogP contribution is -2.33. The molecule has 138 valence electrons. The molecule has 1 aromatic heterocycles. The van der Waals surface area contributed by atoms with Crippen LogP contribution in [0, 0.1) is 44.4 Å². The number of fused-ring (bicyclic) bond motifs is 5. The lowest BCUT2D eigenvalue weighted by molar-refractivity contribution is -0.123. The first kappa shape index (κ1) is 16.5. The second kappa shape index (κ2) is 5.65. The van der Waals surface area contributed by atoms with Gasteiger partial charge in [-0.05, 0) is 44.6 Å². The highest BCUT2D eigenvalue weighted by Crippen LogP contribution is 2.53. The van der Waals surface area contributed by atoms with Crippen molar-refractivity contribution >= 4 is 17.5 Å². The number of carbonyl (C=O) groups excluding carboxylic acids is 2. The molecule has 1 aliphatic heterocycles. The topological polar surface area (TPSA) is 55.2 Å². The molecule has 4 atom stereocenters. The normalized spacial score (nSPS) is 28.5. The molecular weight excluding hydrogens is 338 g/mol. The van der Waals surface area contributed by atoms with Gasteiger partial charge in [-0.1, -0.05) is 42.0 Å². The molecule has 5 nitrogen and oxygen atoms in total. The van der Waals surface area contributed by atoms with Crippen LogP contribution in [-0.2, 0) is 16.1 Å². The van der Waals surface area contributed by atoms with Crippen LogP contribution in [0.1, 0.15) is 28.9 Å². The molecular formula is C22H23N3O2. The van der Waals surface area contributed by atoms with E-state index in [0.717, 1.165) is 23.4 Å². The Morgan fingerprint density at radius 3 is 2.15 bits per heavy atom. The third kappa shape index (κ3) is 2.27. The maximum atomic E-state index is 13.1. The number of anilines is 1. The van der Waals surface area contributed by atoms with Gasteiger partial charge in [0, 0.05) is 0 Å². The Hall–Kier alpha value is -2.69. The van der Waals surface area contributed by atoms with Crippen molar-refractivity contribution in [2.45, 2.75) is 33.7 Å². The van der Waals surface area contributed by atoms with E-state index in [1.807, 2.05) is 18.5 Å². The van der Waals surface area contributed by atoms with Gasteiger partial charge in [-0.3, -0.25) is 14.3 Å². The first-order chi connectivity index (χ1) is 13.0. The molecule has 2 amide bonds. The summed E-state index contributed by atoms with van der Waals surface area (Å²) in [5.41, 5.74) is 4.66. The third-order valence-electron chi connectivity index (χ3n) is 6.49. The van der Waals surface area contributed by atoms with Crippen molar-refractivity contribution in [3.63, 3.8) is 0 Å². The summed E-state index contributed by atoms with van der Waals surface area (Å²) in [5, 5.41) is 4.64. The van der Waals surface area contributed by atoms with E-state index in [9.17, 15) is 9.59 Å². The van der Waals surface area contributed by atoms with Crippen molar-refractivity contribution in [2.75, 3.05) is 4.90 Å². The highest BCUT2D eigenvalue weighted by molar-refractivity contribution is 6.23. The van der Waals surface area contributed by atoms with E-state index in [1.54, 1.807) is 0 Å². The lowest BCUT2D eigenvalue weighted by Gasteiger charge is -2.18. The number of imide groups is 1. The van der Waals surface area contributed by atoms with Crippen LogP contribution in [0.15, 0.2) is 36.4 Å². The van der Waals surface area contributed by atoms with Gasteiger partial charge >= 0.3 is 0 Å². The van der Waals surface area contributed by atoms with Crippen LogP contribution in [0.3, 0.4) is 0 Å². The molecule has 0 N–H and O–H groups in total. The molecule has 2 aliphatic carbocycles. The number of nitrogens with zero attached hydrogens (tertiary/aromatic N) is 3. The number of allylic oxidation sites excluding steroid dienone is 2. The van der Waals surface area contributed by atoms with Crippen LogP contribution < -0.4 is 4.90 Å². The summed E-state index contributed by atoms with van der Waals surface area (Å²) < 4.78 is 1.90. The van der Waals surface area contributed by atoms with Gasteiger partial charge in [0.25, 0.3) is 0 Å². The van der Waals surface area contributed by atoms with E-state index < -0.39 is 0 Å².